The van der Waals surface area contributed by atoms with Crippen molar-refractivity contribution in [3.63, 3.8) is 0 Å². The molecule has 3 unspecified atom stereocenters. The second-order valence-electron chi connectivity index (χ2n) is 18.6. The van der Waals surface area contributed by atoms with Gasteiger partial charge in [0, 0.05) is 12.8 Å². The van der Waals surface area contributed by atoms with E-state index in [0.717, 1.165) is 109 Å². The molecule has 0 bridgehead atoms. The predicted molar refractivity (Wildman–Crippen MR) is 266 cm³/mol. The molecule has 0 fully saturated rings. The lowest BCUT2D eigenvalue weighted by Gasteiger charge is -2.30. The molecule has 0 rings (SSSR count). The fraction of sp³-hybridized carbons (Fsp3) is 0.811. The first kappa shape index (κ1) is 61.0. The number of quaternary nitrogens is 1. The number of carbonyl (C=O) groups is 2. The van der Waals surface area contributed by atoms with E-state index in [4.69, 9.17) is 13.8 Å². The number of phosphoric acid groups is 1. The van der Waals surface area contributed by atoms with E-state index in [1.54, 1.807) is 0 Å². The Kier molecular flexibility index (Phi) is 42.4. The van der Waals surface area contributed by atoms with Crippen LogP contribution in [0.1, 0.15) is 226 Å². The van der Waals surface area contributed by atoms with E-state index in [1.807, 2.05) is 33.3 Å². The second-order valence-corrected chi connectivity index (χ2v) is 20.0. The fourth-order valence-corrected chi connectivity index (χ4v) is 7.91. The Balaban J connectivity index is 5.45. The Bertz CT molecular complexity index is 1230. The van der Waals surface area contributed by atoms with Gasteiger partial charge in [0.25, 0.3) is 7.82 Å². The maximum atomic E-state index is 13.4. The van der Waals surface area contributed by atoms with E-state index in [0.29, 0.717) is 17.4 Å². The number of carbonyl (C=O) groups excluding carboxylic acids is 2. The van der Waals surface area contributed by atoms with Crippen LogP contribution in [-0.4, -0.2) is 69.4 Å². The van der Waals surface area contributed by atoms with Crippen molar-refractivity contribution in [1.29, 1.82) is 0 Å². The summed E-state index contributed by atoms with van der Waals surface area (Å²) >= 11 is 0. The smallest absolute Gasteiger partial charge is 0.306 e. The minimum Gasteiger partial charge on any atom is -0.756 e. The van der Waals surface area contributed by atoms with Crippen LogP contribution in [0, 0.1) is 0 Å². The zero-order valence-electron chi connectivity index (χ0n) is 41.8. The van der Waals surface area contributed by atoms with Crippen LogP contribution < -0.4 is 10.2 Å². The van der Waals surface area contributed by atoms with Crippen LogP contribution in [0.3, 0.4) is 0 Å². The van der Waals surface area contributed by atoms with Crippen molar-refractivity contribution < 1.29 is 37.3 Å². The Hall–Kier alpha value is -2.03. The second kappa shape index (κ2) is 43.8. The molecule has 0 saturated heterocycles. The van der Waals surface area contributed by atoms with Crippen LogP contribution in [0.25, 0.3) is 0 Å². The number of rotatable bonds is 46. The van der Waals surface area contributed by atoms with E-state index in [-0.39, 0.29) is 24.9 Å². The molecule has 9 nitrogen and oxygen atoms in total. The lowest BCUT2D eigenvalue weighted by atomic mass is 10.0. The number of esters is 1. The van der Waals surface area contributed by atoms with E-state index in [1.165, 1.54) is 83.5 Å². The molecular formula is C53H99N2O7P. The molecule has 0 aliphatic carbocycles. The highest BCUT2D eigenvalue weighted by Crippen LogP contribution is 2.38. The van der Waals surface area contributed by atoms with Crippen LogP contribution in [0.5, 0.6) is 0 Å². The highest BCUT2D eigenvalue weighted by molar-refractivity contribution is 7.45. The number of amides is 1. The first-order valence-corrected chi connectivity index (χ1v) is 27.4. The summed E-state index contributed by atoms with van der Waals surface area (Å²) in [5.74, 6) is -0.563. The lowest BCUT2D eigenvalue weighted by molar-refractivity contribution is -0.870. The number of unbranched alkanes of at least 4 members (excludes halogenated alkanes) is 24. The van der Waals surface area contributed by atoms with Gasteiger partial charge in [-0.3, -0.25) is 14.2 Å². The number of hydrogen-bond acceptors (Lipinski definition) is 7. The maximum Gasteiger partial charge on any atom is 0.306 e. The van der Waals surface area contributed by atoms with Gasteiger partial charge >= 0.3 is 5.97 Å². The molecule has 0 heterocycles. The van der Waals surface area contributed by atoms with Gasteiger partial charge < -0.3 is 28.5 Å². The first-order chi connectivity index (χ1) is 30.4. The molecule has 63 heavy (non-hydrogen) atoms. The van der Waals surface area contributed by atoms with Crippen LogP contribution in [0.2, 0.25) is 0 Å². The molecular weight excluding hydrogens is 808 g/mol. The third-order valence-electron chi connectivity index (χ3n) is 11.2. The molecule has 3 atom stereocenters. The number of nitrogens with zero attached hydrogens (tertiary/aromatic N) is 1. The van der Waals surface area contributed by atoms with Gasteiger partial charge in [0.15, 0.2) is 0 Å². The van der Waals surface area contributed by atoms with E-state index < -0.39 is 26.6 Å². The highest BCUT2D eigenvalue weighted by Gasteiger charge is 2.27. The SMILES string of the molecule is CC/C=C/C/C=C/CCCCCCCCCC(=O)NC(COP(=O)([O-])OCC[N+](C)(C)C)C(/C=C/CCCCCCCCCCCC)OC(=O)CCCCCCC/C=C\CCCC. The van der Waals surface area contributed by atoms with Crippen LogP contribution >= 0.6 is 7.82 Å². The van der Waals surface area contributed by atoms with Crippen molar-refractivity contribution in [3.05, 3.63) is 48.6 Å². The predicted octanol–water partition coefficient (Wildman–Crippen LogP) is 14.4. The van der Waals surface area contributed by atoms with Crippen molar-refractivity contribution >= 4 is 19.7 Å². The van der Waals surface area contributed by atoms with Crippen molar-refractivity contribution in [2.45, 2.75) is 238 Å². The summed E-state index contributed by atoms with van der Waals surface area (Å²) < 4.78 is 30.1. The molecule has 0 aliphatic rings. The quantitative estimate of drug-likeness (QED) is 0.0213. The normalized spacial score (nSPS) is 14.3. The molecule has 0 aromatic heterocycles. The average Bonchev–Trinajstić information content (AvgIpc) is 3.23. The largest absolute Gasteiger partial charge is 0.756 e. The zero-order valence-corrected chi connectivity index (χ0v) is 42.7. The summed E-state index contributed by atoms with van der Waals surface area (Å²) in [5, 5.41) is 3.00. The number of phosphoric ester groups is 1. The molecule has 0 aliphatic heterocycles. The van der Waals surface area contributed by atoms with Gasteiger partial charge in [0.1, 0.15) is 19.3 Å². The monoisotopic (exact) mass is 907 g/mol. The number of likely N-dealkylation sites (N-methyl/N-ethyl adjacent to an activating group) is 1. The first-order valence-electron chi connectivity index (χ1n) is 25.9. The molecule has 0 aromatic carbocycles. The van der Waals surface area contributed by atoms with Crippen LogP contribution in [0.15, 0.2) is 48.6 Å². The third-order valence-corrected chi connectivity index (χ3v) is 12.2. The van der Waals surface area contributed by atoms with E-state index >= 15 is 0 Å². The molecule has 0 aromatic rings. The maximum absolute atomic E-state index is 13.4. The lowest BCUT2D eigenvalue weighted by Crippen LogP contribution is -2.47. The zero-order chi connectivity index (χ0) is 46.5. The van der Waals surface area contributed by atoms with Crippen molar-refractivity contribution in [2.75, 3.05) is 40.9 Å². The molecule has 368 valence electrons. The minimum atomic E-state index is -4.69. The molecule has 10 heteroatoms. The van der Waals surface area contributed by atoms with Gasteiger partial charge in [-0.2, -0.15) is 0 Å². The van der Waals surface area contributed by atoms with Gasteiger partial charge in [-0.25, -0.2) is 0 Å². The minimum absolute atomic E-state index is 0.0257. The third kappa shape index (κ3) is 44.9. The van der Waals surface area contributed by atoms with E-state index in [9.17, 15) is 19.0 Å². The number of hydrogen-bond donors (Lipinski definition) is 1. The number of ether oxygens (including phenoxy) is 1. The fourth-order valence-electron chi connectivity index (χ4n) is 7.19. The summed E-state index contributed by atoms with van der Waals surface area (Å²) in [4.78, 5) is 39.6. The molecule has 1 amide bonds. The summed E-state index contributed by atoms with van der Waals surface area (Å²) in [7, 11) is 1.17. The summed E-state index contributed by atoms with van der Waals surface area (Å²) in [5.41, 5.74) is 0. The molecule has 1 N–H and O–H groups in total. The van der Waals surface area contributed by atoms with Crippen LogP contribution in [0.4, 0.5) is 0 Å². The summed E-state index contributed by atoms with van der Waals surface area (Å²) in [6.07, 6.45) is 50.7. The highest BCUT2D eigenvalue weighted by atomic mass is 31.2. The number of nitrogens with one attached hydrogen (secondary N) is 1. The van der Waals surface area contributed by atoms with Crippen molar-refractivity contribution in [3.8, 4) is 0 Å². The van der Waals surface area contributed by atoms with Gasteiger partial charge in [-0.1, -0.05) is 185 Å². The van der Waals surface area contributed by atoms with Gasteiger partial charge in [0.2, 0.25) is 5.91 Å². The van der Waals surface area contributed by atoms with Gasteiger partial charge in [-0.05, 0) is 76.7 Å². The summed E-state index contributed by atoms with van der Waals surface area (Å²) in [6, 6.07) is -0.892. The molecule has 0 radical (unpaired) electrons. The Morgan fingerprint density at radius 1 is 0.571 bits per heavy atom. The van der Waals surface area contributed by atoms with Crippen molar-refractivity contribution in [1.82, 2.24) is 5.32 Å². The van der Waals surface area contributed by atoms with Gasteiger partial charge in [-0.15, -0.1) is 0 Å². The van der Waals surface area contributed by atoms with E-state index in [2.05, 4.69) is 62.5 Å². The Morgan fingerprint density at radius 2 is 1.03 bits per heavy atom. The molecule has 0 spiro atoms. The average molecular weight is 907 g/mol. The van der Waals surface area contributed by atoms with Crippen LogP contribution in [-0.2, 0) is 27.9 Å². The summed E-state index contributed by atoms with van der Waals surface area (Å²) in [6.45, 7) is 6.67. The Labute approximate surface area is 388 Å². The Morgan fingerprint density at radius 3 is 1.57 bits per heavy atom. The topological polar surface area (TPSA) is 114 Å². The standard InChI is InChI=1S/C53H99N2O7P/c1-7-10-13-16-19-22-25-27-28-31-33-36-39-42-45-52(56)54-50(49-61-63(58,59)60-48-47-55(4,5)6)51(44-41-38-35-32-30-26-23-20-17-14-11-8-2)62-53(57)46-43-40-37-34-29-24-21-18-15-12-9-3/h10,13,18-19,21-22,41,44,50-51H,7-9,11-12,14-17,20,23-40,42-43,45-49H2,1-6H3,(H-,54,56,58,59)/b13-10+,21-18-,22-19+,44-41+. The van der Waals surface area contributed by atoms with Gasteiger partial charge in [0.05, 0.1) is 33.8 Å². The molecule has 0 saturated carbocycles. The number of allylic oxidation sites excluding steroid dienone is 7. The van der Waals surface area contributed by atoms with Crippen molar-refractivity contribution in [2.24, 2.45) is 0 Å².